The SMILES string of the molecule is C=C(O)[C@H](N)Cc1cnc[nH]1.CCC(C)(C)CN.CCC(C)CCN.CCCCC(C)CN.CCCCN.CCCNCCCN.CCCOCCOCCOCCN.CCCSSCCN.CN1CCN(CCCN)CC1.Cc1ccc(SSc2ccc(N)cc2)cc1.NCCC1=CCN=C1.NCCCN1CCCC1.NCCCn1ccnc1.Nc1ccccc1SSc1ccccc1N. The number of rotatable bonds is 51. The van der Waals surface area contributed by atoms with Gasteiger partial charge in [0.25, 0.3) is 0 Å². The van der Waals surface area contributed by atoms with Crippen molar-refractivity contribution in [2.24, 2.45) is 91.0 Å². The Morgan fingerprint density at radius 3 is 1.48 bits per heavy atom. The maximum absolute atomic E-state index is 8.87. The van der Waals surface area contributed by atoms with Crippen LogP contribution in [0.5, 0.6) is 0 Å². The molecule has 0 saturated carbocycles. The minimum atomic E-state index is -0.407. The smallest absolute Gasteiger partial charge is 0.102 e. The van der Waals surface area contributed by atoms with Crippen molar-refractivity contribution in [1.82, 2.24) is 39.5 Å². The minimum Gasteiger partial charge on any atom is -0.511 e. The first-order chi connectivity index (χ1) is 65.7. The summed E-state index contributed by atoms with van der Waals surface area (Å²) in [6, 6.07) is 31.7. The van der Waals surface area contributed by atoms with E-state index in [2.05, 4.69) is 167 Å². The van der Waals surface area contributed by atoms with Gasteiger partial charge in [0.05, 0.1) is 58.3 Å². The third-order valence-corrected chi connectivity index (χ3v) is 27.5. The highest BCUT2D eigenvalue weighted by molar-refractivity contribution is 8.77. The number of aromatic nitrogens is 4. The molecule has 4 aromatic carbocycles. The normalized spacial score (nSPS) is 12.9. The van der Waals surface area contributed by atoms with Gasteiger partial charge in [0, 0.05) is 137 Å². The predicted octanol–water partition coefficient (Wildman–Crippen LogP) is 16.7. The van der Waals surface area contributed by atoms with Gasteiger partial charge in [-0.1, -0.05) is 221 Å². The van der Waals surface area contributed by atoms with E-state index in [1.54, 1.807) is 68.2 Å². The van der Waals surface area contributed by atoms with Crippen LogP contribution in [0.15, 0.2) is 177 Å². The van der Waals surface area contributed by atoms with Crippen LogP contribution in [0.25, 0.3) is 0 Å². The third kappa shape index (κ3) is 97.8. The van der Waals surface area contributed by atoms with E-state index >= 15 is 0 Å². The zero-order valence-corrected chi connectivity index (χ0v) is 91.9. The van der Waals surface area contributed by atoms with E-state index in [9.17, 15) is 0 Å². The molecule has 33 N–H and O–H groups in total. The number of aryl methyl sites for hydroxylation is 2. The predicted molar refractivity (Wildman–Crippen MR) is 608 cm³/mol. The number of para-hydroxylation sites is 2. The Balaban J connectivity index is -0.000000458. The number of nitrogens with one attached hydrogen (secondary N) is 2. The van der Waals surface area contributed by atoms with Gasteiger partial charge >= 0.3 is 0 Å². The number of hydrogen-bond donors (Lipinski definition) is 18. The zero-order chi connectivity index (χ0) is 102. The molecule has 788 valence electrons. The number of anilines is 3. The van der Waals surface area contributed by atoms with Crippen LogP contribution in [0.4, 0.5) is 17.1 Å². The standard InChI is InChI=1S/C13H13NS2.C12H12N2S2.C9H21NO3.C8H19N3.C7H11N3O.C7H16N2.C7H17N.C6H11N3.C6H10N2.C6H16N2.2C6H15N.C5H13NS2.C4H11N/c1-10-2-6-12(7-3-10)15-16-13-8-4-11(14)5-9-13;13-9-5-1-3-7-11(9)15-16-12-8-4-2-6-10(12)14;1-2-4-11-6-8-13-9-7-12-5-3-10;1-10-5-7-11(8-6-10)4-2-3-9;1-5(11)7(8)2-6-3-9-4-10-6;8-4-3-7-9-5-1-2-6-9;1-3-4-5-7(2)6-8;7-2-1-4-9-5-3-8-6-9;7-3-1-6-2-4-8-5-6;1-2-5-8-6-3-4-7;1-4-6(2,3)5-7;1-3-6(2)4-5-7;1-2-4-7-8-5-3-6;1-2-3-4-5/h2-9H,14H2,1H3;1-8H,13-14H2;2-10H2,1H3;2-9H2,1H3;3-4,7,11H,1-2,8H2,(H,9,10);1-8H2;7H,3-6,8H2,1-2H3;3,5-6H,1-2,4,7H2;2,5H,1,3-4,7H2;8H,2-7H2,1H3;4-5,7H2,1-3H3;6H,3-5,7H2,1-2H3;2-6H2,1H3;2-5H2,1H3/t;;;;7-;;;;;;;;;/m....1........./s1. The summed E-state index contributed by atoms with van der Waals surface area (Å²) in [6.45, 7) is 55.9. The molecule has 9 rings (SSSR count). The van der Waals surface area contributed by atoms with E-state index in [4.69, 9.17) is 105 Å². The molecule has 2 saturated heterocycles. The molecular formula is C102H200N24O4S6. The van der Waals surface area contributed by atoms with E-state index in [1.807, 2.05) is 111 Å². The first-order valence-corrected chi connectivity index (χ1v) is 56.6. The summed E-state index contributed by atoms with van der Waals surface area (Å²) >= 11 is 0. The van der Waals surface area contributed by atoms with E-state index < -0.39 is 6.04 Å². The summed E-state index contributed by atoms with van der Waals surface area (Å²) in [5.41, 5.74) is 87.6. The van der Waals surface area contributed by atoms with Crippen molar-refractivity contribution in [3.63, 3.8) is 0 Å². The van der Waals surface area contributed by atoms with Crippen molar-refractivity contribution in [2.75, 3.05) is 219 Å². The minimum absolute atomic E-state index is 0.000370. The topological polar surface area (TPSA) is 519 Å². The van der Waals surface area contributed by atoms with Crippen LogP contribution in [-0.2, 0) is 27.2 Å². The molecule has 0 amide bonds. The number of nitrogens with zero attached hydrogens (tertiary/aromatic N) is 7. The van der Waals surface area contributed by atoms with E-state index in [0.29, 0.717) is 51.4 Å². The molecule has 0 radical (unpaired) electrons. The average molecular weight is 2020 g/mol. The van der Waals surface area contributed by atoms with Gasteiger partial charge in [0.1, 0.15) is 5.76 Å². The lowest BCUT2D eigenvalue weighted by Crippen LogP contribution is -2.44. The summed E-state index contributed by atoms with van der Waals surface area (Å²) in [5, 5.41) is 12.1. The fourth-order valence-corrected chi connectivity index (χ4v) is 16.5. The van der Waals surface area contributed by atoms with Crippen molar-refractivity contribution in [1.29, 1.82) is 0 Å². The van der Waals surface area contributed by atoms with Gasteiger partial charge in [-0.3, -0.25) is 4.99 Å². The second-order valence-corrected chi connectivity index (χ2v) is 40.5. The van der Waals surface area contributed by atoms with Gasteiger partial charge in [-0.15, -0.1) is 0 Å². The highest BCUT2D eigenvalue weighted by Crippen LogP contribution is 2.42. The van der Waals surface area contributed by atoms with Crippen LogP contribution in [0.1, 0.15) is 203 Å². The lowest BCUT2D eigenvalue weighted by atomic mass is 9.91. The molecule has 2 fully saturated rings. The van der Waals surface area contributed by atoms with Gasteiger partial charge in [-0.05, 0) is 286 Å². The molecule has 28 nitrogen and oxygen atoms in total. The lowest BCUT2D eigenvalue weighted by Gasteiger charge is -2.32. The Labute approximate surface area is 852 Å². The Morgan fingerprint density at radius 2 is 1.07 bits per heavy atom. The maximum atomic E-state index is 8.87. The Bertz CT molecular complexity index is 3300. The van der Waals surface area contributed by atoms with Crippen LogP contribution in [0.3, 0.4) is 0 Å². The van der Waals surface area contributed by atoms with Gasteiger partial charge in [0.15, 0.2) is 0 Å². The van der Waals surface area contributed by atoms with E-state index in [-0.39, 0.29) is 5.76 Å². The monoisotopic (exact) mass is 2020 g/mol. The first kappa shape index (κ1) is 139. The average Bonchev–Trinajstić information content (AvgIpc) is 1.18. The van der Waals surface area contributed by atoms with Crippen LogP contribution < -0.4 is 91.3 Å². The summed E-state index contributed by atoms with van der Waals surface area (Å²) in [4.78, 5) is 26.6. The van der Waals surface area contributed by atoms with Gasteiger partial charge in [-0.2, -0.15) is 0 Å². The molecule has 3 aliphatic heterocycles. The number of likely N-dealkylation sites (N-methyl/N-ethyl adjacent to an activating group) is 1. The van der Waals surface area contributed by atoms with E-state index in [1.165, 1.54) is 163 Å². The summed E-state index contributed by atoms with van der Waals surface area (Å²) < 4.78 is 17.6. The molecule has 34 heteroatoms. The number of aliphatic hydroxyl groups is 1. The van der Waals surface area contributed by atoms with Crippen molar-refractivity contribution in [3.05, 3.63) is 164 Å². The van der Waals surface area contributed by atoms with Crippen LogP contribution in [0, 0.1) is 24.2 Å². The number of aromatic amines is 1. The number of aliphatic imine (C=N–C) groups is 1. The number of nitrogen functional groups attached to an aromatic ring is 3. The first-order valence-electron chi connectivity index (χ1n) is 49.8. The van der Waals surface area contributed by atoms with Crippen molar-refractivity contribution < 1.29 is 19.3 Å². The molecule has 136 heavy (non-hydrogen) atoms. The Kier molecular flexibility index (Phi) is 110. The number of ether oxygens (including phenoxy) is 3. The summed E-state index contributed by atoms with van der Waals surface area (Å²) in [5.74, 6) is 3.90. The lowest BCUT2D eigenvalue weighted by molar-refractivity contribution is 0.0161. The number of H-pyrrole nitrogens is 1. The van der Waals surface area contributed by atoms with Crippen molar-refractivity contribution in [2.45, 2.75) is 237 Å². The molecular weight excluding hydrogens is 1820 g/mol. The maximum Gasteiger partial charge on any atom is 0.102 e. The number of likely N-dealkylation sites (tertiary alicyclic amines) is 1. The molecule has 3 atom stereocenters. The summed E-state index contributed by atoms with van der Waals surface area (Å²) in [6.07, 6.45) is 34.9. The number of imidazole rings is 2. The highest BCUT2D eigenvalue weighted by Gasteiger charge is 2.14. The molecule has 0 bridgehead atoms. The zero-order valence-electron chi connectivity index (χ0n) is 87.0. The third-order valence-electron chi connectivity index (χ3n) is 19.9. The van der Waals surface area contributed by atoms with Crippen molar-refractivity contribution in [3.8, 4) is 0 Å². The van der Waals surface area contributed by atoms with Crippen LogP contribution in [0.2, 0.25) is 0 Å². The van der Waals surface area contributed by atoms with Crippen LogP contribution >= 0.6 is 64.8 Å². The Hall–Kier alpha value is -5.01. The second-order valence-electron chi connectivity index (χ2n) is 33.3. The fourth-order valence-electron chi connectivity index (χ4n) is 10.3. The van der Waals surface area contributed by atoms with Gasteiger partial charge in [0.2, 0.25) is 0 Å². The number of nitrogens with two attached hydrogens (primary N) is 15. The van der Waals surface area contributed by atoms with Gasteiger partial charge in [-0.25, -0.2) is 9.97 Å². The second kappa shape index (κ2) is 107. The van der Waals surface area contributed by atoms with Crippen molar-refractivity contribution >= 4 is 88.0 Å². The Morgan fingerprint density at radius 1 is 0.544 bits per heavy atom. The molecule has 0 spiro atoms. The highest BCUT2D eigenvalue weighted by atomic mass is 33.1. The largest absolute Gasteiger partial charge is 0.511 e. The number of aliphatic hydroxyl groups excluding tert-OH is 1. The fraction of sp³-hybridized carbons (Fsp3) is 0.657. The van der Waals surface area contributed by atoms with Crippen LogP contribution in [-0.4, -0.2) is 254 Å². The number of unbranched alkanes of at least 4 members (excludes halogenated alkanes) is 2. The summed E-state index contributed by atoms with van der Waals surface area (Å²) in [7, 11) is 12.7. The molecule has 2 unspecified atom stereocenters. The molecule has 2 aromatic heterocycles. The van der Waals surface area contributed by atoms with Gasteiger partial charge < -0.3 is 135 Å². The molecule has 5 heterocycles. The molecule has 0 aliphatic carbocycles. The number of hydrogen-bond acceptors (Lipinski definition) is 32. The molecule has 3 aliphatic rings. The number of piperazine rings is 1. The molecule has 6 aromatic rings. The quantitative estimate of drug-likeness (QED) is 0.00730. The number of benzene rings is 4. The van der Waals surface area contributed by atoms with E-state index in [0.717, 1.165) is 180 Å².